The molecule has 0 atom stereocenters. The van der Waals surface area contributed by atoms with Crippen molar-refractivity contribution in [1.29, 1.82) is 0 Å². The Labute approximate surface area is 160 Å². The molecule has 27 heavy (non-hydrogen) atoms. The molecule has 6 nitrogen and oxygen atoms in total. The van der Waals surface area contributed by atoms with E-state index in [1.807, 2.05) is 12.1 Å². The van der Waals surface area contributed by atoms with Crippen LogP contribution in [0.2, 0.25) is 0 Å². The van der Waals surface area contributed by atoms with Gasteiger partial charge in [0, 0.05) is 18.4 Å². The van der Waals surface area contributed by atoms with Crippen LogP contribution in [0.25, 0.3) is 0 Å². The van der Waals surface area contributed by atoms with E-state index in [0.29, 0.717) is 5.92 Å². The second-order valence-electron chi connectivity index (χ2n) is 7.54. The number of carbonyl (C=O) groups excluding carboxylic acids is 1. The molecule has 0 spiro atoms. The van der Waals surface area contributed by atoms with Gasteiger partial charge in [0.1, 0.15) is 5.69 Å². The first-order chi connectivity index (χ1) is 13.3. The van der Waals surface area contributed by atoms with Gasteiger partial charge < -0.3 is 4.90 Å². The maximum Gasteiger partial charge on any atom is 0.289 e. The molecular weight excluding hydrogens is 338 g/mol. The number of nitrogens with one attached hydrogen (secondary N) is 2. The molecule has 142 valence electrons. The maximum atomic E-state index is 12.0. The topological polar surface area (TPSA) is 70.2 Å². The van der Waals surface area contributed by atoms with Gasteiger partial charge in [-0.15, -0.1) is 0 Å². The number of anilines is 1. The fraction of sp³-hybridized carbons (Fsp3) is 0.476. The number of hydrogen-bond donors (Lipinski definition) is 2. The van der Waals surface area contributed by atoms with Crippen LogP contribution in [-0.2, 0) is 0 Å². The van der Waals surface area contributed by atoms with Crippen molar-refractivity contribution in [2.24, 2.45) is 0 Å². The molecule has 1 saturated heterocycles. The van der Waals surface area contributed by atoms with Gasteiger partial charge in [-0.2, -0.15) is 0 Å². The number of aromatic nitrogens is 2. The quantitative estimate of drug-likeness (QED) is 0.795. The molecule has 2 fully saturated rings. The third kappa shape index (κ3) is 4.45. The van der Waals surface area contributed by atoms with Gasteiger partial charge in [0.05, 0.1) is 11.9 Å². The van der Waals surface area contributed by atoms with Gasteiger partial charge >= 0.3 is 0 Å². The zero-order valence-corrected chi connectivity index (χ0v) is 15.6. The Kier molecular flexibility index (Phi) is 5.63. The summed E-state index contributed by atoms with van der Waals surface area (Å²) in [4.78, 5) is 22.6. The summed E-state index contributed by atoms with van der Waals surface area (Å²) in [5.74, 6) is 0.345. The van der Waals surface area contributed by atoms with Crippen molar-refractivity contribution in [3.05, 3.63) is 54.1 Å². The van der Waals surface area contributed by atoms with Crippen LogP contribution in [0.5, 0.6) is 0 Å². The molecule has 1 aliphatic carbocycles. The lowest BCUT2D eigenvalue weighted by Crippen LogP contribution is -2.39. The van der Waals surface area contributed by atoms with Crippen molar-refractivity contribution < 1.29 is 4.79 Å². The number of amides is 1. The molecule has 2 heterocycles. The molecular formula is C21H27N5O. The van der Waals surface area contributed by atoms with E-state index in [0.717, 1.165) is 11.7 Å². The van der Waals surface area contributed by atoms with Crippen molar-refractivity contribution in [3.63, 3.8) is 0 Å². The number of nitrogens with zero attached hydrogens (tertiary/aromatic N) is 3. The molecule has 0 bridgehead atoms. The van der Waals surface area contributed by atoms with Gasteiger partial charge in [-0.25, -0.2) is 4.98 Å². The molecule has 6 heteroatoms. The summed E-state index contributed by atoms with van der Waals surface area (Å²) in [7, 11) is 0. The average Bonchev–Trinajstić information content (AvgIpc) is 3.28. The smallest absolute Gasteiger partial charge is 0.289 e. The van der Waals surface area contributed by atoms with Crippen LogP contribution >= 0.6 is 0 Å². The highest BCUT2D eigenvalue weighted by atomic mass is 16.2. The highest BCUT2D eigenvalue weighted by Crippen LogP contribution is 2.32. The van der Waals surface area contributed by atoms with E-state index in [4.69, 9.17) is 0 Å². The summed E-state index contributed by atoms with van der Waals surface area (Å²) in [5.41, 5.74) is 8.14. The number of hydrazine groups is 1. The molecule has 1 amide bonds. The highest BCUT2D eigenvalue weighted by molar-refractivity contribution is 5.92. The zero-order chi connectivity index (χ0) is 18.5. The minimum atomic E-state index is -0.300. The van der Waals surface area contributed by atoms with Gasteiger partial charge in [-0.05, 0) is 62.4 Å². The average molecular weight is 365 g/mol. The Morgan fingerprint density at radius 2 is 1.74 bits per heavy atom. The third-order valence-corrected chi connectivity index (χ3v) is 5.87. The van der Waals surface area contributed by atoms with Crippen molar-refractivity contribution in [2.45, 2.75) is 50.5 Å². The van der Waals surface area contributed by atoms with Crippen LogP contribution in [0.15, 0.2) is 42.9 Å². The Bertz CT molecular complexity index is 735. The Morgan fingerprint density at radius 3 is 2.41 bits per heavy atom. The summed E-state index contributed by atoms with van der Waals surface area (Å²) in [5, 5.41) is 0. The number of benzene rings is 1. The summed E-state index contributed by atoms with van der Waals surface area (Å²) < 4.78 is 0. The van der Waals surface area contributed by atoms with Gasteiger partial charge in [0.2, 0.25) is 0 Å². The Morgan fingerprint density at radius 1 is 1.00 bits per heavy atom. The van der Waals surface area contributed by atoms with Crippen LogP contribution in [0.3, 0.4) is 0 Å². The Hall–Kier alpha value is -2.47. The molecule has 1 saturated carbocycles. The normalized spacial score (nSPS) is 19.1. The number of likely N-dealkylation sites (tertiary alicyclic amines) is 1. The van der Waals surface area contributed by atoms with Crippen LogP contribution in [0.4, 0.5) is 5.69 Å². The van der Waals surface area contributed by atoms with Gasteiger partial charge in [0.15, 0.2) is 0 Å². The fourth-order valence-corrected chi connectivity index (χ4v) is 4.32. The van der Waals surface area contributed by atoms with E-state index in [-0.39, 0.29) is 11.6 Å². The maximum absolute atomic E-state index is 12.0. The number of rotatable bonds is 5. The van der Waals surface area contributed by atoms with E-state index < -0.39 is 0 Å². The summed E-state index contributed by atoms with van der Waals surface area (Å²) in [6.07, 6.45) is 12.6. The van der Waals surface area contributed by atoms with Crippen LogP contribution in [0.1, 0.15) is 60.5 Å². The summed E-state index contributed by atoms with van der Waals surface area (Å²) in [6.45, 7) is 2.45. The van der Waals surface area contributed by atoms with Gasteiger partial charge in [-0.3, -0.25) is 20.6 Å². The minimum absolute atomic E-state index is 0.288. The monoisotopic (exact) mass is 365 g/mol. The molecule has 2 aromatic rings. The van der Waals surface area contributed by atoms with Crippen molar-refractivity contribution in [3.8, 4) is 0 Å². The first-order valence-electron chi connectivity index (χ1n) is 9.96. The zero-order valence-electron chi connectivity index (χ0n) is 15.6. The van der Waals surface area contributed by atoms with E-state index >= 15 is 0 Å². The molecule has 0 unspecified atom stereocenters. The molecule has 4 rings (SSSR count). The molecule has 2 aliphatic rings. The van der Waals surface area contributed by atoms with E-state index in [2.05, 4.69) is 37.9 Å². The number of hydrogen-bond acceptors (Lipinski definition) is 5. The van der Waals surface area contributed by atoms with Gasteiger partial charge in [0.25, 0.3) is 5.91 Å². The van der Waals surface area contributed by atoms with Gasteiger partial charge in [-0.1, -0.05) is 25.0 Å². The van der Waals surface area contributed by atoms with E-state index in [1.165, 1.54) is 69.6 Å². The summed E-state index contributed by atoms with van der Waals surface area (Å²) in [6, 6.07) is 9.24. The van der Waals surface area contributed by atoms with Crippen LogP contribution in [-0.4, -0.2) is 39.9 Å². The first kappa shape index (κ1) is 17.9. The standard InChI is InChI=1S/C21H27N5O/c27-21(20-15-22-11-12-23-20)25-24-18-7-5-16(6-8-18)17-9-13-26(14-10-17)19-3-1-2-4-19/h5-8,11-12,15,17,19,24H,1-4,9-10,13-14H2,(H,25,27). The minimum Gasteiger partial charge on any atom is -0.300 e. The van der Waals surface area contributed by atoms with E-state index in [1.54, 1.807) is 6.20 Å². The molecule has 1 aromatic carbocycles. The second kappa shape index (κ2) is 8.48. The lowest BCUT2D eigenvalue weighted by Gasteiger charge is -2.36. The fourth-order valence-electron chi connectivity index (χ4n) is 4.32. The number of piperidine rings is 1. The van der Waals surface area contributed by atoms with Crippen LogP contribution < -0.4 is 10.9 Å². The predicted molar refractivity (Wildman–Crippen MR) is 105 cm³/mol. The molecule has 1 aromatic heterocycles. The molecule has 0 radical (unpaired) electrons. The largest absolute Gasteiger partial charge is 0.300 e. The SMILES string of the molecule is O=C(NNc1ccc(C2CCN(C3CCCC3)CC2)cc1)c1cnccn1. The molecule has 1 aliphatic heterocycles. The first-order valence-corrected chi connectivity index (χ1v) is 9.96. The van der Waals surface area contributed by atoms with Crippen molar-refractivity contribution in [1.82, 2.24) is 20.3 Å². The third-order valence-electron chi connectivity index (χ3n) is 5.87. The lowest BCUT2D eigenvalue weighted by atomic mass is 9.88. The van der Waals surface area contributed by atoms with Crippen molar-refractivity contribution >= 4 is 11.6 Å². The van der Waals surface area contributed by atoms with E-state index in [9.17, 15) is 4.79 Å². The lowest BCUT2D eigenvalue weighted by molar-refractivity contribution is 0.0957. The number of carbonyl (C=O) groups is 1. The summed E-state index contributed by atoms with van der Waals surface area (Å²) >= 11 is 0. The van der Waals surface area contributed by atoms with Crippen LogP contribution in [0, 0.1) is 0 Å². The second-order valence-corrected chi connectivity index (χ2v) is 7.54. The highest BCUT2D eigenvalue weighted by Gasteiger charge is 2.27. The Balaban J connectivity index is 1.27. The predicted octanol–water partition coefficient (Wildman–Crippen LogP) is 3.36. The van der Waals surface area contributed by atoms with Crippen molar-refractivity contribution in [2.75, 3.05) is 18.5 Å². The molecule has 2 N–H and O–H groups in total.